The molecule has 0 spiro atoms. The summed E-state index contributed by atoms with van der Waals surface area (Å²) >= 11 is 0. The Bertz CT molecular complexity index is 360. The number of rotatable bonds is 7. The van der Waals surface area contributed by atoms with Crippen molar-refractivity contribution in [3.05, 3.63) is 0 Å². The molecular weight excluding hydrogens is 260 g/mol. The second-order valence-corrected chi connectivity index (χ2v) is 8.31. The minimum Gasteiger partial charge on any atom is -0.329 e. The van der Waals surface area contributed by atoms with Gasteiger partial charge in [-0.1, -0.05) is 26.2 Å². The quantitative estimate of drug-likeness (QED) is 0.783. The molecule has 0 atom stereocenters. The fraction of sp³-hybridized carbons (Fsp3) is 1.00. The molecule has 0 radical (unpaired) electrons. The molecule has 0 aromatic heterocycles. The maximum atomic E-state index is 12.7. The molecule has 0 saturated heterocycles. The van der Waals surface area contributed by atoms with Gasteiger partial charge < -0.3 is 5.73 Å². The fourth-order valence-corrected chi connectivity index (χ4v) is 5.26. The summed E-state index contributed by atoms with van der Waals surface area (Å²) in [5.74, 6) is 0.642. The average molecular weight is 290 g/mol. The second kappa shape index (κ2) is 7.04. The Morgan fingerprint density at radius 2 is 1.79 bits per heavy atom. The van der Waals surface area contributed by atoms with Crippen LogP contribution in [0, 0.1) is 5.92 Å². The van der Waals surface area contributed by atoms with E-state index in [-0.39, 0.29) is 0 Å². The van der Waals surface area contributed by atoms with Crippen LogP contribution in [0.4, 0.5) is 0 Å². The van der Waals surface area contributed by atoms with Gasteiger partial charge in [-0.25, -0.2) is 8.42 Å². The normalized spacial score (nSPS) is 19.0. The summed E-state index contributed by atoms with van der Waals surface area (Å²) in [5, 5.41) is 0. The zero-order chi connectivity index (χ0) is 14.5. The monoisotopic (exact) mass is 290 g/mol. The van der Waals surface area contributed by atoms with E-state index in [0.717, 1.165) is 19.3 Å². The Balaban J connectivity index is 2.80. The maximum absolute atomic E-state index is 12.7. The standard InChI is InChI=1S/C14H30N2O2S/c1-4-10-16(14(2,3)12-15)19(17,18)11-13-8-6-5-7-9-13/h13H,4-12,15H2,1-3H3. The highest BCUT2D eigenvalue weighted by molar-refractivity contribution is 7.89. The van der Waals surface area contributed by atoms with Gasteiger partial charge in [-0.3, -0.25) is 0 Å². The SMILES string of the molecule is CCCN(C(C)(C)CN)S(=O)(=O)CC1CCCCC1. The molecule has 5 heteroatoms. The fourth-order valence-electron chi connectivity index (χ4n) is 2.86. The third kappa shape index (κ3) is 4.72. The van der Waals surface area contributed by atoms with Crippen molar-refractivity contribution < 1.29 is 8.42 Å². The molecule has 0 aromatic rings. The first-order valence-electron chi connectivity index (χ1n) is 7.54. The molecule has 0 amide bonds. The third-order valence-electron chi connectivity index (χ3n) is 4.11. The first kappa shape index (κ1) is 16.9. The third-order valence-corrected chi connectivity index (χ3v) is 6.35. The summed E-state index contributed by atoms with van der Waals surface area (Å²) in [7, 11) is -3.20. The smallest absolute Gasteiger partial charge is 0.214 e. The predicted molar refractivity (Wildman–Crippen MR) is 80.5 cm³/mol. The zero-order valence-electron chi connectivity index (χ0n) is 12.7. The van der Waals surface area contributed by atoms with E-state index in [2.05, 4.69) is 0 Å². The van der Waals surface area contributed by atoms with Crippen molar-refractivity contribution >= 4 is 10.0 Å². The minimum atomic E-state index is -3.20. The summed E-state index contributed by atoms with van der Waals surface area (Å²) in [6, 6.07) is 0. The molecule has 1 aliphatic rings. The summed E-state index contributed by atoms with van der Waals surface area (Å²) in [5.41, 5.74) is 5.28. The van der Waals surface area contributed by atoms with E-state index in [9.17, 15) is 8.42 Å². The topological polar surface area (TPSA) is 63.4 Å². The molecule has 0 unspecified atom stereocenters. The molecule has 1 fully saturated rings. The van der Waals surface area contributed by atoms with Gasteiger partial charge >= 0.3 is 0 Å². The zero-order valence-corrected chi connectivity index (χ0v) is 13.5. The van der Waals surface area contributed by atoms with Crippen LogP contribution in [-0.2, 0) is 10.0 Å². The van der Waals surface area contributed by atoms with Crippen LogP contribution in [-0.4, -0.2) is 37.1 Å². The van der Waals surface area contributed by atoms with Gasteiger partial charge in [-0.2, -0.15) is 4.31 Å². The van der Waals surface area contributed by atoms with Crippen LogP contribution in [0.15, 0.2) is 0 Å². The first-order valence-corrected chi connectivity index (χ1v) is 9.15. The second-order valence-electron chi connectivity index (χ2n) is 6.37. The molecule has 0 aliphatic heterocycles. The highest BCUT2D eigenvalue weighted by atomic mass is 32.2. The van der Waals surface area contributed by atoms with E-state index in [1.807, 2.05) is 20.8 Å². The Morgan fingerprint density at radius 1 is 1.21 bits per heavy atom. The van der Waals surface area contributed by atoms with Gasteiger partial charge in [-0.15, -0.1) is 0 Å². The Labute approximate surface area is 118 Å². The van der Waals surface area contributed by atoms with E-state index < -0.39 is 15.6 Å². The number of hydrogen-bond acceptors (Lipinski definition) is 3. The lowest BCUT2D eigenvalue weighted by atomic mass is 9.91. The highest BCUT2D eigenvalue weighted by Gasteiger charge is 2.36. The number of hydrogen-bond donors (Lipinski definition) is 1. The summed E-state index contributed by atoms with van der Waals surface area (Å²) in [6.45, 7) is 6.77. The van der Waals surface area contributed by atoms with E-state index in [1.165, 1.54) is 19.3 Å². The number of nitrogens with two attached hydrogens (primary N) is 1. The Morgan fingerprint density at radius 3 is 2.26 bits per heavy atom. The van der Waals surface area contributed by atoms with Crippen LogP contribution in [0.1, 0.15) is 59.3 Å². The van der Waals surface area contributed by atoms with Crippen molar-refractivity contribution in [1.29, 1.82) is 0 Å². The van der Waals surface area contributed by atoms with Gasteiger partial charge in [0.2, 0.25) is 10.0 Å². The molecule has 1 saturated carbocycles. The van der Waals surface area contributed by atoms with Crippen LogP contribution >= 0.6 is 0 Å². The van der Waals surface area contributed by atoms with Gasteiger partial charge in [-0.05, 0) is 39.0 Å². The molecule has 0 bridgehead atoms. The van der Waals surface area contributed by atoms with Crippen molar-refractivity contribution in [3.63, 3.8) is 0 Å². The largest absolute Gasteiger partial charge is 0.329 e. The van der Waals surface area contributed by atoms with E-state index in [4.69, 9.17) is 5.73 Å². The van der Waals surface area contributed by atoms with Crippen LogP contribution in [0.2, 0.25) is 0 Å². The van der Waals surface area contributed by atoms with Gasteiger partial charge in [0.15, 0.2) is 0 Å². The molecule has 1 rings (SSSR count). The van der Waals surface area contributed by atoms with Crippen molar-refractivity contribution in [2.45, 2.75) is 64.8 Å². The van der Waals surface area contributed by atoms with Crippen molar-refractivity contribution in [3.8, 4) is 0 Å². The van der Waals surface area contributed by atoms with Gasteiger partial charge in [0.05, 0.1) is 5.75 Å². The number of sulfonamides is 1. The summed E-state index contributed by atoms with van der Waals surface area (Å²) in [6.07, 6.45) is 6.55. The predicted octanol–water partition coefficient (Wildman–Crippen LogP) is 2.35. The molecule has 4 nitrogen and oxygen atoms in total. The molecule has 19 heavy (non-hydrogen) atoms. The molecular formula is C14H30N2O2S. The van der Waals surface area contributed by atoms with Gasteiger partial charge in [0, 0.05) is 18.6 Å². The van der Waals surface area contributed by atoms with Crippen molar-refractivity contribution in [2.24, 2.45) is 11.7 Å². The molecule has 0 aromatic carbocycles. The van der Waals surface area contributed by atoms with Gasteiger partial charge in [0.25, 0.3) is 0 Å². The van der Waals surface area contributed by atoms with E-state index in [1.54, 1.807) is 4.31 Å². The average Bonchev–Trinajstić information content (AvgIpc) is 2.36. The Kier molecular flexibility index (Phi) is 6.27. The molecule has 2 N–H and O–H groups in total. The molecule has 1 aliphatic carbocycles. The lowest BCUT2D eigenvalue weighted by Crippen LogP contribution is -2.53. The van der Waals surface area contributed by atoms with Gasteiger partial charge in [0.1, 0.15) is 0 Å². The van der Waals surface area contributed by atoms with Crippen LogP contribution in [0.5, 0.6) is 0 Å². The maximum Gasteiger partial charge on any atom is 0.214 e. The number of nitrogens with zero attached hydrogens (tertiary/aromatic N) is 1. The van der Waals surface area contributed by atoms with Crippen LogP contribution in [0.3, 0.4) is 0 Å². The lowest BCUT2D eigenvalue weighted by Gasteiger charge is -2.37. The van der Waals surface area contributed by atoms with Crippen LogP contribution in [0.25, 0.3) is 0 Å². The van der Waals surface area contributed by atoms with Crippen molar-refractivity contribution in [2.75, 3.05) is 18.8 Å². The minimum absolute atomic E-state index is 0.302. The molecule has 114 valence electrons. The highest BCUT2D eigenvalue weighted by Crippen LogP contribution is 2.28. The Hall–Kier alpha value is -0.130. The van der Waals surface area contributed by atoms with Crippen molar-refractivity contribution in [1.82, 2.24) is 4.31 Å². The summed E-state index contributed by atoms with van der Waals surface area (Å²) < 4.78 is 27.0. The molecule has 0 heterocycles. The van der Waals surface area contributed by atoms with E-state index in [0.29, 0.717) is 24.8 Å². The lowest BCUT2D eigenvalue weighted by molar-refractivity contribution is 0.232. The van der Waals surface area contributed by atoms with Crippen LogP contribution < -0.4 is 5.73 Å². The first-order chi connectivity index (χ1) is 8.83. The summed E-state index contributed by atoms with van der Waals surface area (Å²) in [4.78, 5) is 0. The van der Waals surface area contributed by atoms with E-state index >= 15 is 0 Å².